The van der Waals surface area contributed by atoms with E-state index in [4.69, 9.17) is 4.98 Å². The minimum absolute atomic E-state index is 0.116. The summed E-state index contributed by atoms with van der Waals surface area (Å²) < 4.78 is 32.5. The average Bonchev–Trinajstić information content (AvgIpc) is 3.42. The van der Waals surface area contributed by atoms with Crippen LogP contribution < -0.4 is 5.32 Å². The molecule has 37 heavy (non-hydrogen) atoms. The van der Waals surface area contributed by atoms with Gasteiger partial charge in [0.05, 0.1) is 35.2 Å². The lowest BCUT2D eigenvalue weighted by Crippen LogP contribution is -2.44. The van der Waals surface area contributed by atoms with Crippen molar-refractivity contribution in [1.29, 1.82) is 0 Å². The van der Waals surface area contributed by atoms with Crippen LogP contribution in [0.5, 0.6) is 0 Å². The largest absolute Gasteiger partial charge is 0.317 e. The number of fused-ring (bicyclic) bond motifs is 1. The van der Waals surface area contributed by atoms with Crippen LogP contribution >= 0.6 is 0 Å². The Hall–Kier alpha value is -3.27. The van der Waals surface area contributed by atoms with Crippen molar-refractivity contribution in [3.05, 3.63) is 66.1 Å². The number of piperidine rings is 1. The molecular weight excluding hydrogens is 472 g/mol. The van der Waals surface area contributed by atoms with Crippen molar-refractivity contribution >= 4 is 11.0 Å². The van der Waals surface area contributed by atoms with Crippen LogP contribution in [0.15, 0.2) is 48.9 Å². The Bertz CT molecular complexity index is 1380. The minimum atomic E-state index is -0.529. The molecule has 0 atom stereocenters. The van der Waals surface area contributed by atoms with E-state index in [1.165, 1.54) is 12.1 Å². The lowest BCUT2D eigenvalue weighted by Gasteiger charge is -2.32. The van der Waals surface area contributed by atoms with Gasteiger partial charge in [0, 0.05) is 55.6 Å². The van der Waals surface area contributed by atoms with Crippen LogP contribution in [0.3, 0.4) is 0 Å². The maximum Gasteiger partial charge on any atom is 0.131 e. The van der Waals surface area contributed by atoms with E-state index in [2.05, 4.69) is 32.2 Å². The number of nitrogens with zero attached hydrogens (tertiary/aromatic N) is 6. The Balaban J connectivity index is 1.31. The molecule has 2 aromatic carbocycles. The van der Waals surface area contributed by atoms with Crippen LogP contribution in [0.1, 0.15) is 24.4 Å². The predicted octanol–water partition coefficient (Wildman–Crippen LogP) is 4.11. The van der Waals surface area contributed by atoms with Crippen molar-refractivity contribution in [1.82, 2.24) is 34.9 Å². The Morgan fingerprint density at radius 3 is 2.49 bits per heavy atom. The molecule has 1 N–H and O–H groups in total. The maximum atomic E-state index is 15.2. The summed E-state index contributed by atoms with van der Waals surface area (Å²) in [6.07, 6.45) is 7.64. The third kappa shape index (κ3) is 4.99. The summed E-state index contributed by atoms with van der Waals surface area (Å²) in [6, 6.07) is 8.76. The predicted molar refractivity (Wildman–Crippen MR) is 140 cm³/mol. The first-order valence-corrected chi connectivity index (χ1v) is 13.0. The van der Waals surface area contributed by atoms with Gasteiger partial charge >= 0.3 is 0 Å². The van der Waals surface area contributed by atoms with Crippen LogP contribution in [-0.4, -0.2) is 75.9 Å². The molecule has 0 radical (unpaired) electrons. The third-order valence-corrected chi connectivity index (χ3v) is 7.58. The van der Waals surface area contributed by atoms with Crippen molar-refractivity contribution in [2.45, 2.75) is 25.4 Å². The first-order valence-electron chi connectivity index (χ1n) is 13.0. The summed E-state index contributed by atoms with van der Waals surface area (Å²) in [5, 5.41) is 7.95. The van der Waals surface area contributed by atoms with Gasteiger partial charge < -0.3 is 10.2 Å². The topological polar surface area (TPSA) is 62.1 Å². The summed E-state index contributed by atoms with van der Waals surface area (Å²) >= 11 is 0. The highest BCUT2D eigenvalue weighted by atomic mass is 19.1. The van der Waals surface area contributed by atoms with Gasteiger partial charge in [-0.15, -0.1) is 0 Å². The second-order valence-electron chi connectivity index (χ2n) is 10.1. The number of piperazine rings is 1. The van der Waals surface area contributed by atoms with Crippen molar-refractivity contribution in [3.8, 4) is 22.4 Å². The van der Waals surface area contributed by atoms with Gasteiger partial charge in [-0.05, 0) is 56.7 Å². The van der Waals surface area contributed by atoms with Crippen LogP contribution in [0.25, 0.3) is 33.4 Å². The third-order valence-electron chi connectivity index (χ3n) is 7.58. The highest BCUT2D eigenvalue weighted by molar-refractivity contribution is 5.92. The standard InChI is InChI=1S/C28H31F2N7/c1-35-9-11-36(12-10-35)18-23-24(29)13-19(14-25(23)30)22-3-2-4-26-28(22)34-27(16-32-26)20-15-33-37(17-20)21-5-7-31-8-6-21/h2-4,13-17,21,31H,5-12,18H2,1H3. The van der Waals surface area contributed by atoms with Gasteiger partial charge in [-0.25, -0.2) is 13.8 Å². The normalized spacial score (nSPS) is 18.0. The number of para-hydroxylation sites is 1. The fourth-order valence-corrected chi connectivity index (χ4v) is 5.29. The van der Waals surface area contributed by atoms with E-state index in [1.807, 2.05) is 35.3 Å². The van der Waals surface area contributed by atoms with Crippen molar-refractivity contribution in [2.75, 3.05) is 46.3 Å². The summed E-state index contributed by atoms with van der Waals surface area (Å²) in [5.41, 5.74) is 4.08. The Kier molecular flexibility index (Phi) is 6.67. The Labute approximate surface area is 215 Å². The zero-order valence-corrected chi connectivity index (χ0v) is 21.0. The molecule has 6 rings (SSSR count). The SMILES string of the molecule is CN1CCN(Cc2c(F)cc(-c3cccc4ncc(-c5cnn(C6CCNCC6)c5)nc34)cc2F)CC1. The molecular formula is C28H31F2N7. The molecule has 192 valence electrons. The fourth-order valence-electron chi connectivity index (χ4n) is 5.29. The zero-order chi connectivity index (χ0) is 25.4. The smallest absolute Gasteiger partial charge is 0.131 e. The monoisotopic (exact) mass is 503 g/mol. The molecule has 0 amide bonds. The Morgan fingerprint density at radius 2 is 1.73 bits per heavy atom. The number of likely N-dealkylation sites (N-methyl/N-ethyl adjacent to an activating group) is 1. The van der Waals surface area contributed by atoms with Crippen molar-refractivity contribution in [2.24, 2.45) is 0 Å². The minimum Gasteiger partial charge on any atom is -0.317 e. The highest BCUT2D eigenvalue weighted by Gasteiger charge is 2.21. The van der Waals surface area contributed by atoms with Gasteiger partial charge in [0.2, 0.25) is 0 Å². The fraction of sp³-hybridized carbons (Fsp3) is 0.393. The van der Waals surface area contributed by atoms with Crippen LogP contribution in [0.2, 0.25) is 0 Å². The number of benzene rings is 2. The summed E-state index contributed by atoms with van der Waals surface area (Å²) in [5.74, 6) is -1.06. The number of halogens is 2. The lowest BCUT2D eigenvalue weighted by molar-refractivity contribution is 0.145. The van der Waals surface area contributed by atoms with E-state index in [9.17, 15) is 0 Å². The first kappa shape index (κ1) is 24.1. The lowest BCUT2D eigenvalue weighted by atomic mass is 10.0. The second kappa shape index (κ2) is 10.2. The molecule has 0 aliphatic carbocycles. The van der Waals surface area contributed by atoms with Crippen LogP contribution in [-0.2, 0) is 6.54 Å². The number of hydrogen-bond acceptors (Lipinski definition) is 6. The number of hydrogen-bond donors (Lipinski definition) is 1. The first-order chi connectivity index (χ1) is 18.0. The van der Waals surface area contributed by atoms with Gasteiger partial charge in [-0.1, -0.05) is 12.1 Å². The molecule has 2 aliphatic rings. The number of aromatic nitrogens is 4. The molecule has 4 heterocycles. The molecule has 2 saturated heterocycles. The zero-order valence-electron chi connectivity index (χ0n) is 21.0. The van der Waals surface area contributed by atoms with E-state index in [0.717, 1.165) is 57.7 Å². The van der Waals surface area contributed by atoms with E-state index in [1.54, 1.807) is 6.20 Å². The van der Waals surface area contributed by atoms with E-state index in [-0.39, 0.29) is 12.1 Å². The van der Waals surface area contributed by atoms with E-state index < -0.39 is 11.6 Å². The highest BCUT2D eigenvalue weighted by Crippen LogP contribution is 2.31. The number of nitrogens with one attached hydrogen (secondary N) is 1. The van der Waals surface area contributed by atoms with Gasteiger partial charge in [-0.2, -0.15) is 5.10 Å². The number of rotatable bonds is 5. The van der Waals surface area contributed by atoms with E-state index >= 15 is 8.78 Å². The summed E-state index contributed by atoms with van der Waals surface area (Å²) in [6.45, 7) is 5.64. The quantitative estimate of drug-likeness (QED) is 0.442. The van der Waals surface area contributed by atoms with Gasteiger partial charge in [-0.3, -0.25) is 14.6 Å². The van der Waals surface area contributed by atoms with Crippen LogP contribution in [0.4, 0.5) is 8.78 Å². The molecule has 4 aromatic rings. The van der Waals surface area contributed by atoms with Crippen molar-refractivity contribution in [3.63, 3.8) is 0 Å². The van der Waals surface area contributed by atoms with E-state index in [0.29, 0.717) is 33.9 Å². The van der Waals surface area contributed by atoms with Crippen LogP contribution in [0, 0.1) is 11.6 Å². The summed E-state index contributed by atoms with van der Waals surface area (Å²) in [7, 11) is 2.06. The van der Waals surface area contributed by atoms with Gasteiger partial charge in [0.15, 0.2) is 0 Å². The molecule has 7 nitrogen and oxygen atoms in total. The summed E-state index contributed by atoms with van der Waals surface area (Å²) in [4.78, 5) is 13.8. The molecule has 0 unspecified atom stereocenters. The maximum absolute atomic E-state index is 15.2. The molecule has 2 fully saturated rings. The molecule has 2 aliphatic heterocycles. The molecule has 2 aromatic heterocycles. The molecule has 0 bridgehead atoms. The molecule has 0 spiro atoms. The van der Waals surface area contributed by atoms with Crippen molar-refractivity contribution < 1.29 is 8.78 Å². The van der Waals surface area contributed by atoms with Gasteiger partial charge in [0.1, 0.15) is 11.6 Å². The molecule has 9 heteroatoms. The average molecular weight is 504 g/mol. The van der Waals surface area contributed by atoms with Gasteiger partial charge in [0.25, 0.3) is 0 Å². The molecule has 0 saturated carbocycles. The second-order valence-corrected chi connectivity index (χ2v) is 10.1. The Morgan fingerprint density at radius 1 is 0.973 bits per heavy atom.